The number of carboxylic acids is 1. The molecule has 5 nitrogen and oxygen atoms in total. The van der Waals surface area contributed by atoms with Gasteiger partial charge in [-0.1, -0.05) is 12.1 Å². The molecule has 0 aromatic heterocycles. The molecular weight excluding hydrogens is 275 g/mol. The summed E-state index contributed by atoms with van der Waals surface area (Å²) in [7, 11) is 0. The van der Waals surface area contributed by atoms with Crippen molar-refractivity contribution in [3.63, 3.8) is 0 Å². The second kappa shape index (κ2) is 7.06. The first-order valence-corrected chi connectivity index (χ1v) is 7.06. The van der Waals surface area contributed by atoms with Crippen LogP contribution in [0.4, 0.5) is 9.18 Å². The van der Waals surface area contributed by atoms with Crippen LogP contribution in [0.25, 0.3) is 0 Å². The molecule has 0 spiro atoms. The number of nitrogens with one attached hydrogen (secondary N) is 1. The summed E-state index contributed by atoms with van der Waals surface area (Å²) in [6.45, 7) is 1.23. The van der Waals surface area contributed by atoms with E-state index in [4.69, 9.17) is 5.11 Å². The van der Waals surface area contributed by atoms with Crippen molar-refractivity contribution in [2.45, 2.75) is 19.3 Å². The third-order valence-electron chi connectivity index (χ3n) is 3.64. The highest BCUT2D eigenvalue weighted by atomic mass is 19.1. The summed E-state index contributed by atoms with van der Waals surface area (Å²) in [5.74, 6) is -1.63. The van der Waals surface area contributed by atoms with Crippen LogP contribution in [0.3, 0.4) is 0 Å². The van der Waals surface area contributed by atoms with Crippen LogP contribution in [0.1, 0.15) is 18.4 Å². The average molecular weight is 294 g/mol. The number of hydrogen-bond donors (Lipinski definition) is 2. The molecule has 0 bridgehead atoms. The summed E-state index contributed by atoms with van der Waals surface area (Å²) in [6, 6.07) is 6.00. The summed E-state index contributed by atoms with van der Waals surface area (Å²) in [4.78, 5) is 24.5. The van der Waals surface area contributed by atoms with Gasteiger partial charge in [0.25, 0.3) is 0 Å². The standard InChI is InChI=1S/C15H19FN2O3/c16-13-5-1-3-11(9-13)6-7-17-15(21)18-8-2-4-12(10-18)14(19)20/h1,3,5,9,12H,2,4,6-8,10H2,(H,17,21)(H,19,20)/t12-/m0/s1. The van der Waals surface area contributed by atoms with Crippen molar-refractivity contribution in [2.75, 3.05) is 19.6 Å². The van der Waals surface area contributed by atoms with Gasteiger partial charge in [0.05, 0.1) is 5.92 Å². The van der Waals surface area contributed by atoms with Crippen LogP contribution in [0, 0.1) is 11.7 Å². The lowest BCUT2D eigenvalue weighted by atomic mass is 9.99. The van der Waals surface area contributed by atoms with Crippen molar-refractivity contribution in [3.05, 3.63) is 35.6 Å². The molecular formula is C15H19FN2O3. The number of rotatable bonds is 4. The minimum Gasteiger partial charge on any atom is -0.481 e. The molecule has 2 rings (SSSR count). The first-order valence-electron chi connectivity index (χ1n) is 7.06. The largest absolute Gasteiger partial charge is 0.481 e. The number of benzene rings is 1. The molecule has 1 aliphatic heterocycles. The Kier molecular flexibility index (Phi) is 5.14. The van der Waals surface area contributed by atoms with Crippen LogP contribution < -0.4 is 5.32 Å². The van der Waals surface area contributed by atoms with E-state index in [1.165, 1.54) is 17.0 Å². The van der Waals surface area contributed by atoms with E-state index in [0.717, 1.165) is 5.56 Å². The fraction of sp³-hybridized carbons (Fsp3) is 0.467. The molecule has 0 saturated carbocycles. The maximum Gasteiger partial charge on any atom is 0.317 e. The molecule has 1 atom stereocenters. The fourth-order valence-electron chi connectivity index (χ4n) is 2.48. The van der Waals surface area contributed by atoms with Crippen LogP contribution in [0.15, 0.2) is 24.3 Å². The fourth-order valence-corrected chi connectivity index (χ4v) is 2.48. The van der Waals surface area contributed by atoms with Crippen molar-refractivity contribution >= 4 is 12.0 Å². The molecule has 1 aromatic carbocycles. The van der Waals surface area contributed by atoms with E-state index in [2.05, 4.69) is 5.32 Å². The SMILES string of the molecule is O=C(O)[C@H]1CCCN(C(=O)NCCc2cccc(F)c2)C1. The zero-order chi connectivity index (χ0) is 15.2. The third-order valence-corrected chi connectivity index (χ3v) is 3.64. The Morgan fingerprint density at radius 2 is 2.24 bits per heavy atom. The Hall–Kier alpha value is -2.11. The van der Waals surface area contributed by atoms with Gasteiger partial charge in [-0.05, 0) is 37.0 Å². The van der Waals surface area contributed by atoms with Crippen LogP contribution >= 0.6 is 0 Å². The summed E-state index contributed by atoms with van der Waals surface area (Å²) in [5.41, 5.74) is 0.817. The predicted molar refractivity (Wildman–Crippen MR) is 75.4 cm³/mol. The maximum atomic E-state index is 13.0. The van der Waals surface area contributed by atoms with E-state index in [0.29, 0.717) is 32.4 Å². The van der Waals surface area contributed by atoms with Gasteiger partial charge in [-0.2, -0.15) is 0 Å². The van der Waals surface area contributed by atoms with Gasteiger partial charge in [0, 0.05) is 19.6 Å². The topological polar surface area (TPSA) is 69.6 Å². The molecule has 1 aromatic rings. The van der Waals surface area contributed by atoms with E-state index in [-0.39, 0.29) is 18.4 Å². The van der Waals surface area contributed by atoms with Gasteiger partial charge in [0.1, 0.15) is 5.82 Å². The molecule has 21 heavy (non-hydrogen) atoms. The highest BCUT2D eigenvalue weighted by molar-refractivity contribution is 5.76. The maximum absolute atomic E-state index is 13.0. The molecule has 2 amide bonds. The molecule has 2 N–H and O–H groups in total. The van der Waals surface area contributed by atoms with Crippen molar-refractivity contribution in [1.82, 2.24) is 10.2 Å². The van der Waals surface area contributed by atoms with Crippen molar-refractivity contribution in [1.29, 1.82) is 0 Å². The molecule has 0 aliphatic carbocycles. The van der Waals surface area contributed by atoms with Gasteiger partial charge in [-0.15, -0.1) is 0 Å². The quantitative estimate of drug-likeness (QED) is 0.890. The van der Waals surface area contributed by atoms with Crippen LogP contribution in [0.5, 0.6) is 0 Å². The number of likely N-dealkylation sites (tertiary alicyclic amines) is 1. The smallest absolute Gasteiger partial charge is 0.317 e. The Bertz CT molecular complexity index is 521. The average Bonchev–Trinajstić information content (AvgIpc) is 2.47. The van der Waals surface area contributed by atoms with Crippen LogP contribution in [-0.2, 0) is 11.2 Å². The molecule has 0 radical (unpaired) electrons. The Morgan fingerprint density at radius 3 is 2.95 bits per heavy atom. The van der Waals surface area contributed by atoms with Crippen molar-refractivity contribution in [3.8, 4) is 0 Å². The van der Waals surface area contributed by atoms with Crippen LogP contribution in [0.2, 0.25) is 0 Å². The summed E-state index contributed by atoms with van der Waals surface area (Å²) >= 11 is 0. The molecule has 114 valence electrons. The highest BCUT2D eigenvalue weighted by Crippen LogP contribution is 2.16. The molecule has 1 fully saturated rings. The number of aliphatic carboxylic acids is 1. The van der Waals surface area contributed by atoms with Gasteiger partial charge in [-0.3, -0.25) is 4.79 Å². The third kappa shape index (κ3) is 4.44. The number of halogens is 1. The lowest BCUT2D eigenvalue weighted by Gasteiger charge is -2.30. The van der Waals surface area contributed by atoms with Crippen LogP contribution in [-0.4, -0.2) is 41.6 Å². The lowest BCUT2D eigenvalue weighted by molar-refractivity contribution is -0.143. The highest BCUT2D eigenvalue weighted by Gasteiger charge is 2.27. The van der Waals surface area contributed by atoms with Gasteiger partial charge in [0.2, 0.25) is 0 Å². The number of carbonyl (C=O) groups excluding carboxylic acids is 1. The Morgan fingerprint density at radius 1 is 1.43 bits per heavy atom. The van der Waals surface area contributed by atoms with Gasteiger partial charge >= 0.3 is 12.0 Å². The van der Waals surface area contributed by atoms with E-state index in [1.54, 1.807) is 12.1 Å². The Balaban J connectivity index is 1.78. The lowest BCUT2D eigenvalue weighted by Crippen LogP contribution is -2.47. The number of carboxylic acid groups (broad SMARTS) is 1. The number of amides is 2. The zero-order valence-electron chi connectivity index (χ0n) is 11.7. The van der Waals surface area contributed by atoms with E-state index in [9.17, 15) is 14.0 Å². The second-order valence-electron chi connectivity index (χ2n) is 5.24. The summed E-state index contributed by atoms with van der Waals surface area (Å²) < 4.78 is 13.0. The number of hydrogen-bond acceptors (Lipinski definition) is 2. The number of urea groups is 1. The first-order chi connectivity index (χ1) is 10.1. The van der Waals surface area contributed by atoms with Gasteiger partial charge < -0.3 is 15.3 Å². The number of piperidine rings is 1. The zero-order valence-corrected chi connectivity index (χ0v) is 11.7. The van der Waals surface area contributed by atoms with Gasteiger partial charge in [-0.25, -0.2) is 9.18 Å². The number of carbonyl (C=O) groups is 2. The van der Waals surface area contributed by atoms with E-state index >= 15 is 0 Å². The van der Waals surface area contributed by atoms with Crippen molar-refractivity contribution < 1.29 is 19.1 Å². The molecule has 6 heteroatoms. The molecule has 0 unspecified atom stereocenters. The normalized spacial score (nSPS) is 18.3. The minimum atomic E-state index is -0.854. The number of nitrogens with zero attached hydrogens (tertiary/aromatic N) is 1. The summed E-state index contributed by atoms with van der Waals surface area (Å²) in [5, 5.41) is 11.7. The van der Waals surface area contributed by atoms with Gasteiger partial charge in [0.15, 0.2) is 0 Å². The molecule has 1 aliphatic rings. The Labute approximate surface area is 122 Å². The minimum absolute atomic E-state index is 0.251. The first kappa shape index (κ1) is 15.3. The monoisotopic (exact) mass is 294 g/mol. The van der Waals surface area contributed by atoms with E-state index < -0.39 is 11.9 Å². The summed E-state index contributed by atoms with van der Waals surface area (Å²) in [6.07, 6.45) is 1.86. The van der Waals surface area contributed by atoms with Crippen molar-refractivity contribution in [2.24, 2.45) is 5.92 Å². The second-order valence-corrected chi connectivity index (χ2v) is 5.24. The predicted octanol–water partition coefficient (Wildman–Crippen LogP) is 1.87. The van der Waals surface area contributed by atoms with E-state index in [1.807, 2.05) is 0 Å². The molecule has 1 heterocycles. The molecule has 1 saturated heterocycles.